The molecule has 1 heterocycles. The van der Waals surface area contributed by atoms with Crippen molar-refractivity contribution in [3.8, 4) is 0 Å². The van der Waals surface area contributed by atoms with Crippen LogP contribution in [0.15, 0.2) is 24.3 Å². The summed E-state index contributed by atoms with van der Waals surface area (Å²) < 4.78 is 0. The highest BCUT2D eigenvalue weighted by molar-refractivity contribution is 7.99. The van der Waals surface area contributed by atoms with E-state index in [4.69, 9.17) is 0 Å². The molecule has 0 atom stereocenters. The Bertz CT molecular complexity index is 731. The zero-order chi connectivity index (χ0) is 18.9. The van der Waals surface area contributed by atoms with Crippen molar-refractivity contribution in [3.63, 3.8) is 0 Å². The van der Waals surface area contributed by atoms with Crippen LogP contribution in [0, 0.1) is 6.92 Å². The van der Waals surface area contributed by atoms with Gasteiger partial charge in [0.2, 0.25) is 10.9 Å². The summed E-state index contributed by atoms with van der Waals surface area (Å²) >= 11 is 2.70. The molecule has 140 valence electrons. The number of likely N-dealkylation sites (N-methyl/N-ethyl adjacent to an activating group) is 1. The van der Waals surface area contributed by atoms with Crippen LogP contribution >= 0.6 is 23.1 Å². The van der Waals surface area contributed by atoms with E-state index in [0.29, 0.717) is 23.1 Å². The monoisotopic (exact) mass is 393 g/mol. The molecule has 0 aliphatic rings. The maximum atomic E-state index is 12.2. The van der Waals surface area contributed by atoms with Gasteiger partial charge < -0.3 is 15.5 Å². The van der Waals surface area contributed by atoms with Gasteiger partial charge in [0.05, 0.1) is 5.75 Å². The SMILES string of the molecule is Cc1ccc(NC(=O)c2nnc(CSCC(=O)NCCN(C)C)s2)cc1. The van der Waals surface area contributed by atoms with Crippen molar-refractivity contribution in [3.05, 3.63) is 39.8 Å². The summed E-state index contributed by atoms with van der Waals surface area (Å²) in [7, 11) is 3.92. The molecule has 0 unspecified atom stereocenters. The van der Waals surface area contributed by atoms with Gasteiger partial charge in [-0.3, -0.25) is 9.59 Å². The van der Waals surface area contributed by atoms with Crippen molar-refractivity contribution in [2.24, 2.45) is 0 Å². The molecule has 26 heavy (non-hydrogen) atoms. The van der Waals surface area contributed by atoms with E-state index in [1.54, 1.807) is 0 Å². The standard InChI is InChI=1S/C17H23N5O2S2/c1-12-4-6-13(7-5-12)19-16(24)17-21-20-15(26-17)11-25-10-14(23)18-8-9-22(2)3/h4-7H,8-11H2,1-3H3,(H,18,23)(H,19,24). The summed E-state index contributed by atoms with van der Waals surface area (Å²) in [5, 5.41) is 14.7. The van der Waals surface area contributed by atoms with Crippen LogP contribution < -0.4 is 10.6 Å². The lowest BCUT2D eigenvalue weighted by Gasteiger charge is -2.09. The molecular weight excluding hydrogens is 370 g/mol. The maximum Gasteiger partial charge on any atom is 0.286 e. The van der Waals surface area contributed by atoms with Gasteiger partial charge >= 0.3 is 0 Å². The number of nitrogens with one attached hydrogen (secondary N) is 2. The van der Waals surface area contributed by atoms with Gasteiger partial charge in [0.15, 0.2) is 0 Å². The van der Waals surface area contributed by atoms with E-state index in [1.807, 2.05) is 50.2 Å². The Morgan fingerprint density at radius 2 is 1.92 bits per heavy atom. The molecule has 2 N–H and O–H groups in total. The van der Waals surface area contributed by atoms with E-state index in [1.165, 1.54) is 23.1 Å². The molecule has 9 heteroatoms. The van der Waals surface area contributed by atoms with Gasteiger partial charge in [-0.2, -0.15) is 0 Å². The fourth-order valence-corrected chi connectivity index (χ4v) is 3.56. The molecule has 7 nitrogen and oxygen atoms in total. The number of carbonyl (C=O) groups excluding carboxylic acids is 2. The van der Waals surface area contributed by atoms with Gasteiger partial charge in [-0.15, -0.1) is 22.0 Å². The average Bonchev–Trinajstić information content (AvgIpc) is 3.05. The zero-order valence-corrected chi connectivity index (χ0v) is 16.7. The van der Waals surface area contributed by atoms with E-state index in [2.05, 4.69) is 20.8 Å². The minimum absolute atomic E-state index is 0.00120. The van der Waals surface area contributed by atoms with Crippen LogP contribution in [0.3, 0.4) is 0 Å². The van der Waals surface area contributed by atoms with E-state index in [-0.39, 0.29) is 11.8 Å². The zero-order valence-electron chi connectivity index (χ0n) is 15.1. The molecule has 0 radical (unpaired) electrons. The molecule has 0 saturated heterocycles. The van der Waals surface area contributed by atoms with E-state index >= 15 is 0 Å². The third kappa shape index (κ3) is 7.11. The van der Waals surface area contributed by atoms with Crippen molar-refractivity contribution >= 4 is 40.6 Å². The summed E-state index contributed by atoms with van der Waals surface area (Å²) in [4.78, 5) is 25.9. The number of thioether (sulfide) groups is 1. The van der Waals surface area contributed by atoms with E-state index < -0.39 is 0 Å². The summed E-state index contributed by atoms with van der Waals surface area (Å²) in [6, 6.07) is 7.56. The minimum atomic E-state index is -0.274. The number of hydrogen-bond donors (Lipinski definition) is 2. The van der Waals surface area contributed by atoms with Crippen molar-refractivity contribution < 1.29 is 9.59 Å². The Hall–Kier alpha value is -1.97. The Balaban J connectivity index is 1.74. The first-order valence-corrected chi connectivity index (χ1v) is 10.1. The fraction of sp³-hybridized carbons (Fsp3) is 0.412. The molecule has 0 bridgehead atoms. The highest BCUT2D eigenvalue weighted by Gasteiger charge is 2.13. The summed E-state index contributed by atoms with van der Waals surface area (Å²) in [6.07, 6.45) is 0. The highest BCUT2D eigenvalue weighted by Crippen LogP contribution is 2.18. The normalized spacial score (nSPS) is 10.8. The van der Waals surface area contributed by atoms with Gasteiger partial charge in [0.25, 0.3) is 5.91 Å². The molecule has 2 aromatic rings. The van der Waals surface area contributed by atoms with Crippen molar-refractivity contribution in [2.75, 3.05) is 38.3 Å². The Kier molecular flexibility index (Phi) is 8.02. The summed E-state index contributed by atoms with van der Waals surface area (Å²) in [6.45, 7) is 3.43. The second kappa shape index (κ2) is 10.2. The number of aryl methyl sites for hydroxylation is 1. The predicted molar refractivity (Wildman–Crippen MR) is 107 cm³/mol. The third-order valence-electron chi connectivity index (χ3n) is 3.31. The second-order valence-electron chi connectivity index (χ2n) is 5.97. The van der Waals surface area contributed by atoms with Crippen molar-refractivity contribution in [1.29, 1.82) is 0 Å². The average molecular weight is 394 g/mol. The molecular formula is C17H23N5O2S2. The van der Waals surface area contributed by atoms with Crippen molar-refractivity contribution in [1.82, 2.24) is 20.4 Å². The number of benzene rings is 1. The quantitative estimate of drug-likeness (QED) is 0.678. The predicted octanol–water partition coefficient (Wildman–Crippen LogP) is 2.01. The number of hydrogen-bond acceptors (Lipinski definition) is 7. The molecule has 0 spiro atoms. The number of amides is 2. The Morgan fingerprint density at radius 1 is 1.19 bits per heavy atom. The molecule has 1 aromatic heterocycles. The number of rotatable bonds is 9. The molecule has 0 aliphatic heterocycles. The second-order valence-corrected chi connectivity index (χ2v) is 8.01. The van der Waals surface area contributed by atoms with Crippen LogP contribution in [0.2, 0.25) is 0 Å². The molecule has 2 amide bonds. The first-order chi connectivity index (χ1) is 12.4. The number of anilines is 1. The Morgan fingerprint density at radius 3 is 2.62 bits per heavy atom. The number of carbonyl (C=O) groups is 2. The lowest BCUT2D eigenvalue weighted by molar-refractivity contribution is -0.118. The van der Waals surface area contributed by atoms with Gasteiger partial charge in [-0.25, -0.2) is 0 Å². The molecule has 0 saturated carbocycles. The fourth-order valence-electron chi connectivity index (χ4n) is 1.93. The lowest BCUT2D eigenvalue weighted by atomic mass is 10.2. The molecule has 0 fully saturated rings. The first-order valence-electron chi connectivity index (χ1n) is 8.13. The van der Waals surface area contributed by atoms with Crippen LogP contribution in [0.25, 0.3) is 0 Å². The number of aromatic nitrogens is 2. The number of nitrogens with zero attached hydrogens (tertiary/aromatic N) is 3. The minimum Gasteiger partial charge on any atom is -0.354 e. The van der Waals surface area contributed by atoms with E-state index in [9.17, 15) is 9.59 Å². The summed E-state index contributed by atoms with van der Waals surface area (Å²) in [5.74, 6) is 0.636. The van der Waals surface area contributed by atoms with E-state index in [0.717, 1.165) is 22.8 Å². The highest BCUT2D eigenvalue weighted by atomic mass is 32.2. The van der Waals surface area contributed by atoms with Crippen LogP contribution in [0.1, 0.15) is 20.4 Å². The first kappa shape index (κ1) is 20.3. The van der Waals surface area contributed by atoms with Gasteiger partial charge in [0.1, 0.15) is 5.01 Å². The topological polar surface area (TPSA) is 87.2 Å². The van der Waals surface area contributed by atoms with Gasteiger partial charge in [0, 0.05) is 24.5 Å². The van der Waals surface area contributed by atoms with Crippen LogP contribution in [-0.2, 0) is 10.5 Å². The molecule has 0 aliphatic carbocycles. The third-order valence-corrected chi connectivity index (χ3v) is 5.36. The Labute approximate surface area is 161 Å². The van der Waals surface area contributed by atoms with Gasteiger partial charge in [-0.05, 0) is 33.2 Å². The smallest absolute Gasteiger partial charge is 0.286 e. The summed E-state index contributed by atoms with van der Waals surface area (Å²) in [5.41, 5.74) is 1.85. The maximum absolute atomic E-state index is 12.2. The molecule has 1 aromatic carbocycles. The van der Waals surface area contributed by atoms with Gasteiger partial charge in [-0.1, -0.05) is 29.0 Å². The lowest BCUT2D eigenvalue weighted by Crippen LogP contribution is -2.32. The molecule has 2 rings (SSSR count). The van der Waals surface area contributed by atoms with Crippen LogP contribution in [0.4, 0.5) is 5.69 Å². The van der Waals surface area contributed by atoms with Crippen LogP contribution in [-0.4, -0.2) is 59.8 Å². The van der Waals surface area contributed by atoms with Crippen molar-refractivity contribution in [2.45, 2.75) is 12.7 Å². The van der Waals surface area contributed by atoms with Crippen LogP contribution in [0.5, 0.6) is 0 Å². The largest absolute Gasteiger partial charge is 0.354 e.